The van der Waals surface area contributed by atoms with Gasteiger partial charge in [0.15, 0.2) is 0 Å². The summed E-state index contributed by atoms with van der Waals surface area (Å²) in [5, 5.41) is 13.5. The number of aliphatic hydroxyl groups is 1. The normalized spacial score (nSPS) is 13.2. The second-order valence-electron chi connectivity index (χ2n) is 6.98. The van der Waals surface area contributed by atoms with E-state index in [0.717, 1.165) is 28.0 Å². The fourth-order valence-corrected chi connectivity index (χ4v) is 3.14. The molecule has 134 valence electrons. The summed E-state index contributed by atoms with van der Waals surface area (Å²) >= 11 is 0. The maximum Gasteiger partial charge on any atom is 0.251 e. The summed E-state index contributed by atoms with van der Waals surface area (Å²) < 4.78 is 5.14. The lowest BCUT2D eigenvalue weighted by molar-refractivity contribution is 0.0552. The Morgan fingerprint density at radius 3 is 2.20 bits per heavy atom. The van der Waals surface area contributed by atoms with E-state index in [0.29, 0.717) is 12.0 Å². The zero-order valence-corrected chi connectivity index (χ0v) is 15.6. The number of nitrogens with one attached hydrogen (secondary N) is 1. The zero-order valence-electron chi connectivity index (χ0n) is 15.6. The predicted octanol–water partition coefficient (Wildman–Crippen LogP) is 3.34. The van der Waals surface area contributed by atoms with E-state index in [4.69, 9.17) is 4.74 Å². The molecule has 1 atom stereocenters. The first-order chi connectivity index (χ1) is 11.7. The van der Waals surface area contributed by atoms with Crippen molar-refractivity contribution in [3.63, 3.8) is 0 Å². The van der Waals surface area contributed by atoms with Crippen molar-refractivity contribution in [1.82, 2.24) is 5.32 Å². The molecular weight excluding hydrogens is 314 g/mol. The van der Waals surface area contributed by atoms with E-state index < -0.39 is 5.60 Å². The third-order valence-electron chi connectivity index (χ3n) is 4.28. The molecule has 0 bridgehead atoms. The lowest BCUT2D eigenvalue weighted by Crippen LogP contribution is -2.42. The van der Waals surface area contributed by atoms with E-state index >= 15 is 0 Å². The SMILES string of the molecule is COc1ccc(C[C@@](C)(O)CNC(=O)c2c(C)cc(C)cc2C)cc1. The Morgan fingerprint density at radius 1 is 1.12 bits per heavy atom. The first kappa shape index (κ1) is 19.0. The van der Waals surface area contributed by atoms with Gasteiger partial charge in [-0.15, -0.1) is 0 Å². The van der Waals surface area contributed by atoms with Gasteiger partial charge in [-0.05, 0) is 56.5 Å². The number of amides is 1. The minimum absolute atomic E-state index is 0.148. The number of ether oxygens (including phenoxy) is 1. The Balaban J connectivity index is 2.02. The largest absolute Gasteiger partial charge is 0.497 e. The minimum Gasteiger partial charge on any atom is -0.497 e. The highest BCUT2D eigenvalue weighted by Crippen LogP contribution is 2.18. The van der Waals surface area contributed by atoms with Gasteiger partial charge in [-0.25, -0.2) is 0 Å². The Kier molecular flexibility index (Phi) is 5.85. The molecule has 2 aromatic rings. The molecule has 2 aromatic carbocycles. The van der Waals surface area contributed by atoms with Crippen LogP contribution in [0.5, 0.6) is 5.75 Å². The van der Waals surface area contributed by atoms with Crippen molar-refractivity contribution in [1.29, 1.82) is 0 Å². The van der Waals surface area contributed by atoms with E-state index in [1.54, 1.807) is 14.0 Å². The molecule has 0 radical (unpaired) electrons. The van der Waals surface area contributed by atoms with Crippen molar-refractivity contribution in [3.05, 3.63) is 64.2 Å². The number of rotatable bonds is 6. The van der Waals surface area contributed by atoms with Crippen LogP contribution in [0.1, 0.15) is 39.5 Å². The standard InChI is InChI=1S/C21H27NO3/c1-14-10-15(2)19(16(3)11-14)20(23)22-13-21(4,24)12-17-6-8-18(25-5)9-7-17/h6-11,24H,12-13H2,1-5H3,(H,22,23)/t21-/m1/s1. The van der Waals surface area contributed by atoms with Crippen LogP contribution in [0, 0.1) is 20.8 Å². The highest BCUT2D eigenvalue weighted by Gasteiger charge is 2.23. The number of carbonyl (C=O) groups is 1. The first-order valence-corrected chi connectivity index (χ1v) is 8.43. The predicted molar refractivity (Wildman–Crippen MR) is 100 cm³/mol. The van der Waals surface area contributed by atoms with Crippen molar-refractivity contribution in [3.8, 4) is 5.75 Å². The first-order valence-electron chi connectivity index (χ1n) is 8.43. The van der Waals surface area contributed by atoms with Crippen molar-refractivity contribution in [2.45, 2.75) is 39.7 Å². The highest BCUT2D eigenvalue weighted by atomic mass is 16.5. The Hall–Kier alpha value is -2.33. The monoisotopic (exact) mass is 341 g/mol. The van der Waals surface area contributed by atoms with E-state index in [9.17, 15) is 9.90 Å². The van der Waals surface area contributed by atoms with Crippen LogP contribution < -0.4 is 10.1 Å². The molecule has 1 amide bonds. The van der Waals surface area contributed by atoms with Gasteiger partial charge in [0.25, 0.3) is 5.91 Å². The quantitative estimate of drug-likeness (QED) is 0.847. The zero-order chi connectivity index (χ0) is 18.6. The molecule has 0 fully saturated rings. The molecule has 0 aliphatic carbocycles. The second kappa shape index (κ2) is 7.70. The van der Waals surface area contributed by atoms with Crippen LogP contribution in [0.3, 0.4) is 0 Å². The summed E-state index contributed by atoms with van der Waals surface area (Å²) in [6.07, 6.45) is 0.448. The molecule has 2 N–H and O–H groups in total. The van der Waals surface area contributed by atoms with Crippen LogP contribution in [0.4, 0.5) is 0 Å². The topological polar surface area (TPSA) is 58.6 Å². The number of benzene rings is 2. The van der Waals surface area contributed by atoms with Crippen molar-refractivity contribution in [2.24, 2.45) is 0 Å². The highest BCUT2D eigenvalue weighted by molar-refractivity contribution is 5.97. The van der Waals surface area contributed by atoms with Crippen molar-refractivity contribution in [2.75, 3.05) is 13.7 Å². The molecular formula is C21H27NO3. The summed E-state index contributed by atoms with van der Waals surface area (Å²) in [5.74, 6) is 0.632. The van der Waals surface area contributed by atoms with Gasteiger partial charge in [0.2, 0.25) is 0 Å². The summed E-state index contributed by atoms with van der Waals surface area (Å²) in [5.41, 5.74) is 3.68. The number of hydrogen-bond acceptors (Lipinski definition) is 3. The lowest BCUT2D eigenvalue weighted by atomic mass is 9.95. The van der Waals surface area contributed by atoms with Crippen molar-refractivity contribution >= 4 is 5.91 Å². The van der Waals surface area contributed by atoms with Gasteiger partial charge in [-0.2, -0.15) is 0 Å². The fourth-order valence-electron chi connectivity index (χ4n) is 3.14. The average molecular weight is 341 g/mol. The van der Waals surface area contributed by atoms with Crippen LogP contribution in [-0.2, 0) is 6.42 Å². The third kappa shape index (κ3) is 5.07. The minimum atomic E-state index is -1.03. The number of carbonyl (C=O) groups excluding carboxylic acids is 1. The summed E-state index contributed by atoms with van der Waals surface area (Å²) in [4.78, 5) is 12.5. The maximum atomic E-state index is 12.5. The van der Waals surface area contributed by atoms with Crippen molar-refractivity contribution < 1.29 is 14.6 Å². The van der Waals surface area contributed by atoms with Gasteiger partial charge in [0, 0.05) is 18.5 Å². The molecule has 0 aliphatic heterocycles. The molecule has 0 unspecified atom stereocenters. The summed E-state index contributed by atoms with van der Waals surface area (Å²) in [6, 6.07) is 11.6. The lowest BCUT2D eigenvalue weighted by Gasteiger charge is -2.24. The molecule has 4 heteroatoms. The van der Waals surface area contributed by atoms with Crippen LogP contribution in [0.2, 0.25) is 0 Å². The van der Waals surface area contributed by atoms with Crippen LogP contribution in [0.15, 0.2) is 36.4 Å². The Morgan fingerprint density at radius 2 is 1.68 bits per heavy atom. The summed E-state index contributed by atoms with van der Waals surface area (Å²) in [6.45, 7) is 7.80. The number of hydrogen-bond donors (Lipinski definition) is 2. The van der Waals surface area contributed by atoms with Gasteiger partial charge in [-0.3, -0.25) is 4.79 Å². The number of methoxy groups -OCH3 is 1. The smallest absolute Gasteiger partial charge is 0.251 e. The second-order valence-corrected chi connectivity index (χ2v) is 6.98. The van der Waals surface area contributed by atoms with Gasteiger partial charge in [0.05, 0.1) is 12.7 Å². The van der Waals surface area contributed by atoms with E-state index in [2.05, 4.69) is 5.32 Å². The fraction of sp³-hybridized carbons (Fsp3) is 0.381. The molecule has 0 aliphatic rings. The third-order valence-corrected chi connectivity index (χ3v) is 4.28. The van der Waals surface area contributed by atoms with Gasteiger partial charge < -0.3 is 15.2 Å². The summed E-state index contributed by atoms with van der Waals surface area (Å²) in [7, 11) is 1.62. The molecule has 2 rings (SSSR count). The Labute approximate surface area is 149 Å². The van der Waals surface area contributed by atoms with Gasteiger partial charge in [-0.1, -0.05) is 29.8 Å². The van der Waals surface area contributed by atoms with Gasteiger partial charge >= 0.3 is 0 Å². The van der Waals surface area contributed by atoms with E-state index in [-0.39, 0.29) is 12.5 Å². The molecule has 4 nitrogen and oxygen atoms in total. The van der Waals surface area contributed by atoms with Crippen LogP contribution in [0.25, 0.3) is 0 Å². The molecule has 0 saturated carbocycles. The van der Waals surface area contributed by atoms with Crippen LogP contribution in [-0.4, -0.2) is 30.3 Å². The molecule has 0 heterocycles. The molecule has 0 spiro atoms. The maximum absolute atomic E-state index is 12.5. The van der Waals surface area contributed by atoms with E-state index in [1.807, 2.05) is 57.2 Å². The van der Waals surface area contributed by atoms with E-state index in [1.165, 1.54) is 0 Å². The molecule has 0 saturated heterocycles. The molecule has 0 aromatic heterocycles. The Bertz CT molecular complexity index is 725. The molecule has 25 heavy (non-hydrogen) atoms. The number of aryl methyl sites for hydroxylation is 3. The van der Waals surface area contributed by atoms with Crippen LogP contribution >= 0.6 is 0 Å². The average Bonchev–Trinajstić information content (AvgIpc) is 2.52. The van der Waals surface area contributed by atoms with Gasteiger partial charge in [0.1, 0.15) is 5.75 Å².